The summed E-state index contributed by atoms with van der Waals surface area (Å²) < 4.78 is 0. The number of amides is 3. The van der Waals surface area contributed by atoms with Gasteiger partial charge in [-0.2, -0.15) is 0 Å². The molecule has 6 heteroatoms. The van der Waals surface area contributed by atoms with Crippen molar-refractivity contribution in [3.8, 4) is 0 Å². The van der Waals surface area contributed by atoms with Crippen molar-refractivity contribution in [2.45, 2.75) is 65.8 Å². The lowest BCUT2D eigenvalue weighted by atomic mass is 9.89. The Hall–Kier alpha value is -1.59. The fourth-order valence-electron chi connectivity index (χ4n) is 5.23. The molecule has 0 aromatic carbocycles. The first-order valence-corrected chi connectivity index (χ1v) is 10.9. The molecule has 0 radical (unpaired) electrons. The van der Waals surface area contributed by atoms with Crippen LogP contribution >= 0.6 is 0 Å². The van der Waals surface area contributed by atoms with Crippen molar-refractivity contribution in [1.29, 1.82) is 0 Å². The highest BCUT2D eigenvalue weighted by Gasteiger charge is 2.42. The minimum atomic E-state index is -0.242. The molecule has 0 spiro atoms. The largest absolute Gasteiger partial charge is 0.342 e. The van der Waals surface area contributed by atoms with Crippen molar-refractivity contribution < 1.29 is 14.4 Å². The molecular weight excluding hydrogens is 354 g/mol. The van der Waals surface area contributed by atoms with Gasteiger partial charge in [-0.3, -0.25) is 14.4 Å². The van der Waals surface area contributed by atoms with Crippen LogP contribution in [0, 0.1) is 23.7 Å². The van der Waals surface area contributed by atoms with E-state index in [1.54, 1.807) is 0 Å². The third-order valence-electron chi connectivity index (χ3n) is 6.62. The van der Waals surface area contributed by atoms with E-state index in [0.29, 0.717) is 37.9 Å². The van der Waals surface area contributed by atoms with Gasteiger partial charge in [0.15, 0.2) is 0 Å². The maximum atomic E-state index is 12.9. The number of carbonyl (C=O) groups excluding carboxylic acids is 3. The van der Waals surface area contributed by atoms with E-state index in [-0.39, 0.29) is 35.1 Å². The maximum absolute atomic E-state index is 12.9. The molecule has 3 fully saturated rings. The van der Waals surface area contributed by atoms with E-state index >= 15 is 0 Å². The van der Waals surface area contributed by atoms with E-state index < -0.39 is 0 Å². The van der Waals surface area contributed by atoms with Crippen LogP contribution in [0.25, 0.3) is 0 Å². The highest BCUT2D eigenvalue weighted by molar-refractivity contribution is 5.90. The Bertz CT molecular complexity index is 609. The molecule has 3 atom stereocenters. The molecule has 158 valence electrons. The molecule has 3 heterocycles. The minimum Gasteiger partial charge on any atom is -0.342 e. The Morgan fingerprint density at radius 1 is 0.857 bits per heavy atom. The first-order chi connectivity index (χ1) is 13.1. The summed E-state index contributed by atoms with van der Waals surface area (Å²) in [7, 11) is 0. The van der Waals surface area contributed by atoms with Crippen molar-refractivity contribution in [2.75, 3.05) is 32.7 Å². The molecule has 6 nitrogen and oxygen atoms in total. The smallest absolute Gasteiger partial charge is 0.227 e. The van der Waals surface area contributed by atoms with Gasteiger partial charge in [-0.15, -0.1) is 0 Å². The number of nitrogens with zero attached hydrogens (tertiary/aromatic N) is 3. The van der Waals surface area contributed by atoms with Crippen LogP contribution in [-0.4, -0.2) is 70.7 Å². The van der Waals surface area contributed by atoms with Gasteiger partial charge in [-0.1, -0.05) is 13.8 Å². The molecule has 3 aliphatic rings. The normalized spacial score (nSPS) is 30.1. The van der Waals surface area contributed by atoms with E-state index in [2.05, 4.69) is 18.7 Å². The van der Waals surface area contributed by atoms with Gasteiger partial charge >= 0.3 is 0 Å². The predicted octanol–water partition coefficient (Wildman–Crippen LogP) is 2.38. The standard InChI is InChI=1S/C22H37N3O3/c1-15-10-16(2)13-24(12-15)20(27)17-6-8-23(9-7-17)21(28)18-11-19(26)25(14-18)22(3,4)5/h15-18H,6-14H2,1-5H3. The van der Waals surface area contributed by atoms with Crippen LogP contribution in [0.2, 0.25) is 0 Å². The predicted molar refractivity (Wildman–Crippen MR) is 108 cm³/mol. The van der Waals surface area contributed by atoms with Gasteiger partial charge in [0.2, 0.25) is 17.7 Å². The highest BCUT2D eigenvalue weighted by atomic mass is 16.2. The number of rotatable bonds is 2. The third kappa shape index (κ3) is 4.52. The lowest BCUT2D eigenvalue weighted by Gasteiger charge is -2.39. The van der Waals surface area contributed by atoms with Crippen LogP contribution in [0.4, 0.5) is 0 Å². The number of hydrogen-bond donors (Lipinski definition) is 0. The summed E-state index contributed by atoms with van der Waals surface area (Å²) in [4.78, 5) is 43.9. The topological polar surface area (TPSA) is 60.9 Å². The summed E-state index contributed by atoms with van der Waals surface area (Å²) in [6, 6.07) is 0. The van der Waals surface area contributed by atoms with Gasteiger partial charge in [0.25, 0.3) is 0 Å². The molecule has 0 aromatic heterocycles. The summed E-state index contributed by atoms with van der Waals surface area (Å²) in [6.07, 6.45) is 3.00. The first kappa shape index (κ1) is 21.1. The second kappa shape index (κ2) is 8.03. The SMILES string of the molecule is CC1CC(C)CN(C(=O)C2CCN(C(=O)C3CC(=O)N(C(C)(C)C)C3)CC2)C1. The molecule has 3 aliphatic heterocycles. The highest BCUT2D eigenvalue weighted by Crippen LogP contribution is 2.30. The van der Waals surface area contributed by atoms with E-state index in [1.807, 2.05) is 30.6 Å². The Morgan fingerprint density at radius 2 is 1.39 bits per heavy atom. The summed E-state index contributed by atoms with van der Waals surface area (Å²) in [6.45, 7) is 14.0. The van der Waals surface area contributed by atoms with Crippen LogP contribution in [0.3, 0.4) is 0 Å². The third-order valence-corrected chi connectivity index (χ3v) is 6.62. The zero-order valence-electron chi connectivity index (χ0n) is 18.2. The average Bonchev–Trinajstić information content (AvgIpc) is 3.02. The molecule has 28 heavy (non-hydrogen) atoms. The molecule has 0 aromatic rings. The van der Waals surface area contributed by atoms with E-state index in [4.69, 9.17) is 0 Å². The van der Waals surface area contributed by atoms with Gasteiger partial charge in [0.05, 0.1) is 5.92 Å². The van der Waals surface area contributed by atoms with Gasteiger partial charge in [0, 0.05) is 50.6 Å². The number of likely N-dealkylation sites (tertiary alicyclic amines) is 3. The summed E-state index contributed by atoms with van der Waals surface area (Å²) in [5.74, 6) is 1.39. The lowest BCUT2D eigenvalue weighted by molar-refractivity contribution is -0.144. The van der Waals surface area contributed by atoms with Gasteiger partial charge in [-0.25, -0.2) is 0 Å². The van der Waals surface area contributed by atoms with Crippen molar-refractivity contribution in [3.05, 3.63) is 0 Å². The number of carbonyl (C=O) groups is 3. The molecule has 0 aliphatic carbocycles. The molecule has 0 saturated carbocycles. The van der Waals surface area contributed by atoms with Crippen LogP contribution < -0.4 is 0 Å². The summed E-state index contributed by atoms with van der Waals surface area (Å²) in [5.41, 5.74) is -0.242. The average molecular weight is 392 g/mol. The van der Waals surface area contributed by atoms with Crippen LogP contribution in [0.1, 0.15) is 60.3 Å². The quantitative estimate of drug-likeness (QED) is 0.726. The van der Waals surface area contributed by atoms with Gasteiger partial charge < -0.3 is 14.7 Å². The van der Waals surface area contributed by atoms with Crippen molar-refractivity contribution in [3.63, 3.8) is 0 Å². The second-order valence-electron chi connectivity index (χ2n) is 10.4. The first-order valence-electron chi connectivity index (χ1n) is 10.9. The zero-order valence-corrected chi connectivity index (χ0v) is 18.2. The minimum absolute atomic E-state index is 0.0397. The fourth-order valence-corrected chi connectivity index (χ4v) is 5.23. The number of hydrogen-bond acceptors (Lipinski definition) is 3. The van der Waals surface area contributed by atoms with Crippen molar-refractivity contribution >= 4 is 17.7 Å². The molecule has 3 saturated heterocycles. The van der Waals surface area contributed by atoms with Gasteiger partial charge in [-0.05, 0) is 51.9 Å². The molecule has 3 amide bonds. The Balaban J connectivity index is 1.52. The summed E-state index contributed by atoms with van der Waals surface area (Å²) in [5, 5.41) is 0. The fraction of sp³-hybridized carbons (Fsp3) is 0.864. The molecular formula is C22H37N3O3. The van der Waals surface area contributed by atoms with Crippen LogP contribution in [-0.2, 0) is 14.4 Å². The zero-order chi connectivity index (χ0) is 20.6. The van der Waals surface area contributed by atoms with E-state index in [0.717, 1.165) is 25.9 Å². The van der Waals surface area contributed by atoms with Gasteiger partial charge in [0.1, 0.15) is 0 Å². The molecule has 3 rings (SSSR count). The molecule has 0 bridgehead atoms. The van der Waals surface area contributed by atoms with E-state index in [9.17, 15) is 14.4 Å². The Labute approximate surface area is 169 Å². The van der Waals surface area contributed by atoms with E-state index in [1.165, 1.54) is 6.42 Å². The molecule has 3 unspecified atom stereocenters. The molecule has 0 N–H and O–H groups in total. The van der Waals surface area contributed by atoms with Crippen LogP contribution in [0.5, 0.6) is 0 Å². The van der Waals surface area contributed by atoms with Crippen molar-refractivity contribution in [1.82, 2.24) is 14.7 Å². The maximum Gasteiger partial charge on any atom is 0.227 e. The number of piperidine rings is 2. The lowest BCUT2D eigenvalue weighted by Crippen LogP contribution is -2.49. The Kier molecular flexibility index (Phi) is 6.06. The monoisotopic (exact) mass is 391 g/mol. The Morgan fingerprint density at radius 3 is 1.89 bits per heavy atom. The second-order valence-corrected chi connectivity index (χ2v) is 10.4. The van der Waals surface area contributed by atoms with Crippen LogP contribution in [0.15, 0.2) is 0 Å². The van der Waals surface area contributed by atoms with Crippen molar-refractivity contribution in [2.24, 2.45) is 23.7 Å². The summed E-state index contributed by atoms with van der Waals surface area (Å²) >= 11 is 0.